The summed E-state index contributed by atoms with van der Waals surface area (Å²) in [5.41, 5.74) is 0.752. The first-order chi connectivity index (χ1) is 7.85. The molecule has 0 amide bonds. The molecule has 0 aliphatic rings. The Bertz CT molecular complexity index is 468. The van der Waals surface area contributed by atoms with Gasteiger partial charge in [0.05, 0.1) is 5.75 Å². The van der Waals surface area contributed by atoms with Gasteiger partial charge in [0, 0.05) is 27.9 Å². The van der Waals surface area contributed by atoms with E-state index < -0.39 is 9.84 Å². The van der Waals surface area contributed by atoms with Crippen LogP contribution in [0.15, 0.2) is 18.2 Å². The van der Waals surface area contributed by atoms with Crippen molar-refractivity contribution in [2.24, 2.45) is 0 Å². The van der Waals surface area contributed by atoms with Gasteiger partial charge in [-0.05, 0) is 25.6 Å². The molecule has 0 aromatic heterocycles. The predicted octanol–water partition coefficient (Wildman–Crippen LogP) is 2.69. The summed E-state index contributed by atoms with van der Waals surface area (Å²) in [7, 11) is -1.23. The van der Waals surface area contributed by atoms with Crippen LogP contribution in [0.2, 0.25) is 10.0 Å². The van der Waals surface area contributed by atoms with Crippen molar-refractivity contribution >= 4 is 33.0 Å². The van der Waals surface area contributed by atoms with Crippen LogP contribution in [0.3, 0.4) is 0 Å². The number of nitrogens with one attached hydrogen (secondary N) is 1. The van der Waals surface area contributed by atoms with E-state index in [0.29, 0.717) is 16.5 Å². The third-order valence-corrected chi connectivity index (χ3v) is 4.11. The van der Waals surface area contributed by atoms with Crippen molar-refractivity contribution in [3.63, 3.8) is 0 Å². The number of rotatable bonds is 5. The first-order valence-corrected chi connectivity index (χ1v) is 7.95. The van der Waals surface area contributed by atoms with E-state index in [1.54, 1.807) is 25.2 Å². The Balaban J connectivity index is 2.94. The maximum atomic E-state index is 11.2. The monoisotopic (exact) mass is 295 g/mol. The molecule has 17 heavy (non-hydrogen) atoms. The Morgan fingerprint density at radius 3 is 2.24 bits per heavy atom. The largest absolute Gasteiger partial charge is 0.313 e. The lowest BCUT2D eigenvalue weighted by atomic mass is 10.0. The second kappa shape index (κ2) is 6.05. The maximum Gasteiger partial charge on any atom is 0.147 e. The van der Waals surface area contributed by atoms with E-state index in [1.807, 2.05) is 0 Å². The van der Waals surface area contributed by atoms with Crippen molar-refractivity contribution in [2.75, 3.05) is 19.1 Å². The fraction of sp³-hybridized carbons (Fsp3) is 0.455. The van der Waals surface area contributed by atoms with Gasteiger partial charge in [-0.3, -0.25) is 0 Å². The third-order valence-electron chi connectivity index (χ3n) is 2.47. The molecule has 0 saturated heterocycles. The van der Waals surface area contributed by atoms with E-state index >= 15 is 0 Å². The fourth-order valence-electron chi connectivity index (χ4n) is 1.61. The lowest BCUT2D eigenvalue weighted by Crippen LogP contribution is -2.20. The standard InChI is InChI=1S/C11H15Cl2NO2S/c1-14-10(6-7-17(2,15)16)11-8(12)4-3-5-9(11)13/h3-5,10,14H,6-7H2,1-2H3. The Morgan fingerprint density at radius 1 is 1.29 bits per heavy atom. The predicted molar refractivity (Wildman–Crippen MR) is 72.6 cm³/mol. The molecule has 1 aromatic carbocycles. The molecule has 0 saturated carbocycles. The highest BCUT2D eigenvalue weighted by atomic mass is 35.5. The van der Waals surface area contributed by atoms with Crippen molar-refractivity contribution in [1.29, 1.82) is 0 Å². The molecule has 0 aliphatic heterocycles. The molecule has 1 N–H and O–H groups in total. The summed E-state index contributed by atoms with van der Waals surface area (Å²) in [6.45, 7) is 0. The van der Waals surface area contributed by atoms with Gasteiger partial charge >= 0.3 is 0 Å². The maximum absolute atomic E-state index is 11.2. The van der Waals surface area contributed by atoms with Crippen molar-refractivity contribution < 1.29 is 8.42 Å². The van der Waals surface area contributed by atoms with Gasteiger partial charge in [0.25, 0.3) is 0 Å². The highest BCUT2D eigenvalue weighted by Crippen LogP contribution is 2.31. The van der Waals surface area contributed by atoms with Gasteiger partial charge in [0.15, 0.2) is 0 Å². The Labute approximate surface area is 112 Å². The van der Waals surface area contributed by atoms with E-state index in [0.717, 1.165) is 5.56 Å². The van der Waals surface area contributed by atoms with Crippen LogP contribution >= 0.6 is 23.2 Å². The second-order valence-electron chi connectivity index (χ2n) is 3.90. The van der Waals surface area contributed by atoms with Gasteiger partial charge in [-0.15, -0.1) is 0 Å². The van der Waals surface area contributed by atoms with E-state index in [-0.39, 0.29) is 11.8 Å². The summed E-state index contributed by atoms with van der Waals surface area (Å²) in [5.74, 6) is 0.0973. The van der Waals surface area contributed by atoms with Gasteiger partial charge in [0.1, 0.15) is 9.84 Å². The molecule has 6 heteroatoms. The van der Waals surface area contributed by atoms with Crippen LogP contribution in [0.25, 0.3) is 0 Å². The van der Waals surface area contributed by atoms with Crippen molar-refractivity contribution in [3.05, 3.63) is 33.8 Å². The average molecular weight is 296 g/mol. The number of sulfone groups is 1. The highest BCUT2D eigenvalue weighted by Gasteiger charge is 2.18. The van der Waals surface area contributed by atoms with Gasteiger partial charge in [0.2, 0.25) is 0 Å². The summed E-state index contributed by atoms with van der Waals surface area (Å²) in [6.07, 6.45) is 1.66. The summed E-state index contributed by atoms with van der Waals surface area (Å²) in [4.78, 5) is 0. The summed E-state index contributed by atoms with van der Waals surface area (Å²) in [5, 5.41) is 4.13. The Kier molecular flexibility index (Phi) is 5.25. The molecule has 0 fully saturated rings. The van der Waals surface area contributed by atoms with Crippen LogP contribution in [-0.2, 0) is 9.84 Å². The van der Waals surface area contributed by atoms with E-state index in [9.17, 15) is 8.42 Å². The Hall–Kier alpha value is -0.290. The first-order valence-electron chi connectivity index (χ1n) is 5.14. The molecule has 1 rings (SSSR count). The van der Waals surface area contributed by atoms with Crippen molar-refractivity contribution in [3.8, 4) is 0 Å². The quantitative estimate of drug-likeness (QED) is 0.908. The summed E-state index contributed by atoms with van der Waals surface area (Å²) < 4.78 is 22.3. The van der Waals surface area contributed by atoms with E-state index in [2.05, 4.69) is 5.32 Å². The molecule has 0 heterocycles. The van der Waals surface area contributed by atoms with Crippen LogP contribution in [-0.4, -0.2) is 27.5 Å². The van der Waals surface area contributed by atoms with Crippen molar-refractivity contribution in [2.45, 2.75) is 12.5 Å². The molecule has 0 aliphatic carbocycles. The molecule has 0 bridgehead atoms. The lowest BCUT2D eigenvalue weighted by Gasteiger charge is -2.18. The molecule has 96 valence electrons. The van der Waals surface area contributed by atoms with Crippen molar-refractivity contribution in [1.82, 2.24) is 5.32 Å². The average Bonchev–Trinajstić information content (AvgIpc) is 2.21. The molecular weight excluding hydrogens is 281 g/mol. The SMILES string of the molecule is CNC(CCS(C)(=O)=O)c1c(Cl)cccc1Cl. The van der Waals surface area contributed by atoms with Crippen LogP contribution in [0.4, 0.5) is 0 Å². The topological polar surface area (TPSA) is 46.2 Å². The lowest BCUT2D eigenvalue weighted by molar-refractivity contribution is 0.559. The molecule has 1 unspecified atom stereocenters. The van der Waals surface area contributed by atoms with E-state index in [1.165, 1.54) is 6.26 Å². The van der Waals surface area contributed by atoms with Crippen LogP contribution in [0.1, 0.15) is 18.0 Å². The molecule has 3 nitrogen and oxygen atoms in total. The minimum atomic E-state index is -2.99. The van der Waals surface area contributed by atoms with Gasteiger partial charge in [-0.1, -0.05) is 29.3 Å². The number of halogens is 2. The molecule has 1 aromatic rings. The zero-order valence-corrected chi connectivity index (χ0v) is 12.0. The summed E-state index contributed by atoms with van der Waals surface area (Å²) >= 11 is 12.2. The van der Waals surface area contributed by atoms with Gasteiger partial charge < -0.3 is 5.32 Å². The zero-order valence-electron chi connectivity index (χ0n) is 9.70. The number of benzene rings is 1. The normalized spacial score (nSPS) is 13.6. The van der Waals surface area contributed by atoms with Gasteiger partial charge in [-0.2, -0.15) is 0 Å². The molecule has 0 spiro atoms. The van der Waals surface area contributed by atoms with Crippen LogP contribution in [0, 0.1) is 0 Å². The zero-order chi connectivity index (χ0) is 13.1. The Morgan fingerprint density at radius 2 is 1.82 bits per heavy atom. The van der Waals surface area contributed by atoms with E-state index in [4.69, 9.17) is 23.2 Å². The third kappa shape index (κ3) is 4.47. The number of hydrogen-bond acceptors (Lipinski definition) is 3. The van der Waals surface area contributed by atoms with Crippen LogP contribution in [0.5, 0.6) is 0 Å². The van der Waals surface area contributed by atoms with Crippen LogP contribution < -0.4 is 5.32 Å². The minimum Gasteiger partial charge on any atom is -0.313 e. The van der Waals surface area contributed by atoms with Gasteiger partial charge in [-0.25, -0.2) is 8.42 Å². The molecule has 1 atom stereocenters. The fourth-order valence-corrected chi connectivity index (χ4v) is 2.93. The first kappa shape index (κ1) is 14.8. The summed E-state index contributed by atoms with van der Waals surface area (Å²) in [6, 6.07) is 5.09. The molecular formula is C11H15Cl2NO2S. The molecule has 0 radical (unpaired) electrons. The minimum absolute atomic E-state index is 0.0973. The smallest absolute Gasteiger partial charge is 0.147 e. The highest BCUT2D eigenvalue weighted by molar-refractivity contribution is 7.90. The second-order valence-corrected chi connectivity index (χ2v) is 6.97. The number of hydrogen-bond donors (Lipinski definition) is 1.